The molecule has 0 N–H and O–H groups in total. The van der Waals surface area contributed by atoms with Crippen molar-refractivity contribution < 1.29 is 18.9 Å². The van der Waals surface area contributed by atoms with Gasteiger partial charge >= 0.3 is 0 Å². The summed E-state index contributed by atoms with van der Waals surface area (Å²) in [6, 6.07) is 14.2. The van der Waals surface area contributed by atoms with E-state index in [1.165, 1.54) is 5.56 Å². The second-order valence-electron chi connectivity index (χ2n) is 8.70. The van der Waals surface area contributed by atoms with Crippen LogP contribution in [0.25, 0.3) is 0 Å². The Morgan fingerprint density at radius 1 is 0.882 bits per heavy atom. The van der Waals surface area contributed by atoms with Gasteiger partial charge in [0, 0.05) is 6.54 Å². The lowest BCUT2D eigenvalue weighted by atomic mass is 9.69. The molecule has 0 bridgehead atoms. The summed E-state index contributed by atoms with van der Waals surface area (Å²) in [5.74, 6) is 2.68. The second kappa shape index (κ2) is 12.7. The van der Waals surface area contributed by atoms with Crippen molar-refractivity contribution in [3.05, 3.63) is 47.5 Å². The first-order valence-corrected chi connectivity index (χ1v) is 11.9. The van der Waals surface area contributed by atoms with E-state index >= 15 is 0 Å². The minimum absolute atomic E-state index is 0.00942. The van der Waals surface area contributed by atoms with Crippen molar-refractivity contribution in [2.75, 3.05) is 48.6 Å². The van der Waals surface area contributed by atoms with Crippen LogP contribution in [0, 0.1) is 17.2 Å². The minimum Gasteiger partial charge on any atom is -0.493 e. The Morgan fingerprint density at radius 2 is 1.44 bits per heavy atom. The van der Waals surface area contributed by atoms with Gasteiger partial charge in [0.2, 0.25) is 0 Å². The first-order valence-electron chi connectivity index (χ1n) is 11.4. The SMILES string of the molecule is COc1ccc(CCN(C)CCC(Cl)C(C#N)(c2ccc(OC)c(OC)c2)C(C)C)cc1OC. The minimum atomic E-state index is -0.856. The number of benzene rings is 2. The molecule has 0 fully saturated rings. The van der Waals surface area contributed by atoms with Crippen molar-refractivity contribution in [1.29, 1.82) is 5.26 Å². The number of hydrogen-bond donors (Lipinski definition) is 0. The maximum absolute atomic E-state index is 10.3. The van der Waals surface area contributed by atoms with Crippen LogP contribution in [0.3, 0.4) is 0 Å². The number of likely N-dealkylation sites (N-methyl/N-ethyl adjacent to an activating group) is 1. The van der Waals surface area contributed by atoms with Gasteiger partial charge in [-0.05, 0) is 67.7 Å². The molecule has 2 aromatic rings. The summed E-state index contributed by atoms with van der Waals surface area (Å²) in [5, 5.41) is 9.95. The lowest BCUT2D eigenvalue weighted by Crippen LogP contribution is -2.41. The van der Waals surface area contributed by atoms with Gasteiger partial charge in [-0.25, -0.2) is 0 Å². The van der Waals surface area contributed by atoms with Gasteiger partial charge in [0.05, 0.1) is 39.9 Å². The summed E-state index contributed by atoms with van der Waals surface area (Å²) in [6.07, 6.45) is 1.54. The van der Waals surface area contributed by atoms with Gasteiger partial charge in [0.1, 0.15) is 5.41 Å². The Bertz CT molecular complexity index is 976. The van der Waals surface area contributed by atoms with Gasteiger partial charge in [-0.15, -0.1) is 11.6 Å². The Morgan fingerprint density at radius 3 is 1.97 bits per heavy atom. The zero-order valence-corrected chi connectivity index (χ0v) is 22.1. The first-order chi connectivity index (χ1) is 16.3. The Hall–Kier alpha value is -2.62. The van der Waals surface area contributed by atoms with E-state index in [0.29, 0.717) is 17.9 Å². The molecule has 0 amide bonds. The van der Waals surface area contributed by atoms with Crippen molar-refractivity contribution in [3.63, 3.8) is 0 Å². The highest BCUT2D eigenvalue weighted by Gasteiger charge is 2.43. The molecular formula is C27H37ClN2O4. The van der Waals surface area contributed by atoms with Crippen molar-refractivity contribution in [1.82, 2.24) is 4.90 Å². The third-order valence-corrected chi connectivity index (χ3v) is 7.01. The Kier molecular flexibility index (Phi) is 10.3. The monoisotopic (exact) mass is 488 g/mol. The van der Waals surface area contributed by atoms with Crippen molar-refractivity contribution in [3.8, 4) is 29.1 Å². The standard InChI is InChI=1S/C27H37ClN2O4/c1-19(2)27(18-29,21-9-11-23(32-5)25(17-21)34-7)26(28)13-15-30(3)14-12-20-8-10-22(31-4)24(16-20)33-6/h8-11,16-17,19,26H,12-15H2,1-7H3. The third-order valence-electron chi connectivity index (χ3n) is 6.45. The van der Waals surface area contributed by atoms with Gasteiger partial charge < -0.3 is 23.8 Å². The van der Waals surface area contributed by atoms with E-state index in [1.807, 2.05) is 44.2 Å². The smallest absolute Gasteiger partial charge is 0.161 e. The molecule has 0 heterocycles. The fraction of sp³-hybridized carbons (Fsp3) is 0.519. The Balaban J connectivity index is 2.10. The van der Waals surface area contributed by atoms with Crippen molar-refractivity contribution in [2.24, 2.45) is 5.92 Å². The molecule has 2 rings (SSSR count). The summed E-state index contributed by atoms with van der Waals surface area (Å²) in [5.41, 5.74) is 1.16. The summed E-state index contributed by atoms with van der Waals surface area (Å²) in [6.45, 7) is 5.70. The molecule has 2 atom stereocenters. The van der Waals surface area contributed by atoms with Crippen LogP contribution in [0.1, 0.15) is 31.4 Å². The number of nitriles is 1. The molecule has 0 aliphatic heterocycles. The highest BCUT2D eigenvalue weighted by molar-refractivity contribution is 6.21. The average Bonchev–Trinajstić information content (AvgIpc) is 2.86. The third kappa shape index (κ3) is 6.08. The molecule has 6 nitrogen and oxygen atoms in total. The molecule has 34 heavy (non-hydrogen) atoms. The lowest BCUT2D eigenvalue weighted by Gasteiger charge is -2.36. The zero-order chi connectivity index (χ0) is 25.3. The van der Waals surface area contributed by atoms with Crippen LogP contribution in [-0.4, -0.2) is 58.9 Å². The van der Waals surface area contributed by atoms with Crippen LogP contribution in [0.2, 0.25) is 0 Å². The number of ether oxygens (including phenoxy) is 4. The molecule has 0 saturated carbocycles. The van der Waals surface area contributed by atoms with E-state index in [-0.39, 0.29) is 11.3 Å². The molecule has 0 saturated heterocycles. The topological polar surface area (TPSA) is 64.0 Å². The van der Waals surface area contributed by atoms with Crippen LogP contribution in [0.15, 0.2) is 36.4 Å². The number of halogens is 1. The molecular weight excluding hydrogens is 452 g/mol. The van der Waals surface area contributed by atoms with Gasteiger partial charge in [0.15, 0.2) is 23.0 Å². The average molecular weight is 489 g/mol. The number of rotatable bonds is 13. The van der Waals surface area contributed by atoms with Crippen LogP contribution < -0.4 is 18.9 Å². The number of nitrogens with zero attached hydrogens (tertiary/aromatic N) is 2. The molecule has 7 heteroatoms. The molecule has 0 aliphatic carbocycles. The van der Waals surface area contributed by atoms with Crippen molar-refractivity contribution in [2.45, 2.75) is 37.5 Å². The Labute approximate surface area is 209 Å². The lowest BCUT2D eigenvalue weighted by molar-refractivity contribution is 0.296. The summed E-state index contributed by atoms with van der Waals surface area (Å²) in [4.78, 5) is 2.24. The van der Waals surface area contributed by atoms with Crippen LogP contribution >= 0.6 is 11.6 Å². The normalized spacial score (nSPS) is 13.8. The molecule has 0 radical (unpaired) electrons. The van der Waals surface area contributed by atoms with E-state index in [0.717, 1.165) is 36.6 Å². The van der Waals surface area contributed by atoms with Gasteiger partial charge in [0.25, 0.3) is 0 Å². The van der Waals surface area contributed by atoms with Gasteiger partial charge in [-0.3, -0.25) is 0 Å². The predicted molar refractivity (Wildman–Crippen MR) is 137 cm³/mol. The largest absolute Gasteiger partial charge is 0.493 e. The molecule has 2 aromatic carbocycles. The molecule has 2 unspecified atom stereocenters. The molecule has 0 aliphatic rings. The fourth-order valence-electron chi connectivity index (χ4n) is 4.26. The van der Waals surface area contributed by atoms with E-state index in [4.69, 9.17) is 30.5 Å². The van der Waals surface area contributed by atoms with Crippen LogP contribution in [-0.2, 0) is 11.8 Å². The highest BCUT2D eigenvalue weighted by Crippen LogP contribution is 2.42. The van der Waals surface area contributed by atoms with E-state index in [9.17, 15) is 5.26 Å². The maximum Gasteiger partial charge on any atom is 0.161 e. The summed E-state index contributed by atoms with van der Waals surface area (Å²) < 4.78 is 21.6. The maximum atomic E-state index is 10.3. The quantitative estimate of drug-likeness (QED) is 0.356. The molecule has 0 spiro atoms. The zero-order valence-electron chi connectivity index (χ0n) is 21.4. The van der Waals surface area contributed by atoms with Crippen LogP contribution in [0.5, 0.6) is 23.0 Å². The first kappa shape index (κ1) is 27.6. The second-order valence-corrected chi connectivity index (χ2v) is 9.23. The van der Waals surface area contributed by atoms with Crippen LogP contribution in [0.4, 0.5) is 0 Å². The van der Waals surface area contributed by atoms with Gasteiger partial charge in [-0.2, -0.15) is 5.26 Å². The fourth-order valence-corrected chi connectivity index (χ4v) is 4.79. The number of methoxy groups -OCH3 is 4. The predicted octanol–water partition coefficient (Wildman–Crippen LogP) is 5.31. The van der Waals surface area contributed by atoms with Crippen molar-refractivity contribution >= 4 is 11.6 Å². The van der Waals surface area contributed by atoms with E-state index in [2.05, 4.69) is 24.1 Å². The highest BCUT2D eigenvalue weighted by atomic mass is 35.5. The van der Waals surface area contributed by atoms with E-state index < -0.39 is 5.41 Å². The molecule has 0 aromatic heterocycles. The summed E-state index contributed by atoms with van der Waals surface area (Å²) in [7, 11) is 8.54. The molecule has 186 valence electrons. The van der Waals surface area contributed by atoms with E-state index in [1.54, 1.807) is 28.4 Å². The van der Waals surface area contributed by atoms with Gasteiger partial charge in [-0.1, -0.05) is 26.0 Å². The summed E-state index contributed by atoms with van der Waals surface area (Å²) >= 11 is 6.99. The number of alkyl halides is 1. The number of hydrogen-bond acceptors (Lipinski definition) is 6.